The average Bonchev–Trinajstić information content (AvgIpc) is 2.76. The molecule has 0 amide bonds. The molecule has 0 aromatic carbocycles. The third-order valence-corrected chi connectivity index (χ3v) is 4.28. The Labute approximate surface area is 135 Å². The minimum atomic E-state index is -0.420. The van der Waals surface area contributed by atoms with E-state index in [0.717, 1.165) is 26.2 Å². The van der Waals surface area contributed by atoms with E-state index in [2.05, 4.69) is 20.2 Å². The minimum absolute atomic E-state index is 0. The van der Waals surface area contributed by atoms with Crippen molar-refractivity contribution in [3.8, 4) is 0 Å². The molecule has 120 valence electrons. The van der Waals surface area contributed by atoms with Crippen LogP contribution in [0.4, 0.5) is 0 Å². The monoisotopic (exact) mass is 336 g/mol. The maximum absolute atomic E-state index is 11.3. The topological polar surface area (TPSA) is 81.0 Å². The second-order valence-corrected chi connectivity index (χ2v) is 5.85. The predicted octanol–water partition coefficient (Wildman–Crippen LogP) is 0.482. The molecule has 1 atom stereocenters. The third kappa shape index (κ3) is 4.32. The number of likely N-dealkylation sites (tertiary alicyclic amines) is 1. The molecular formula is C13H22Cl2N4O2. The number of H-pyrrole nitrogens is 2. The number of hydrogen-bond acceptors (Lipinski definition) is 4. The molecule has 6 nitrogen and oxygen atoms in total. The van der Waals surface area contributed by atoms with E-state index in [0.29, 0.717) is 17.7 Å². The predicted molar refractivity (Wildman–Crippen MR) is 86.6 cm³/mol. The summed E-state index contributed by atoms with van der Waals surface area (Å²) in [5.41, 5.74) is 0.362. The van der Waals surface area contributed by atoms with E-state index in [-0.39, 0.29) is 30.4 Å². The summed E-state index contributed by atoms with van der Waals surface area (Å²) in [6.07, 6.45) is 3.70. The van der Waals surface area contributed by atoms with Crippen molar-refractivity contribution in [3.63, 3.8) is 0 Å². The van der Waals surface area contributed by atoms with E-state index in [9.17, 15) is 9.59 Å². The number of piperidine rings is 1. The third-order valence-electron chi connectivity index (χ3n) is 4.28. The lowest BCUT2D eigenvalue weighted by atomic mass is 9.79. The second-order valence-electron chi connectivity index (χ2n) is 5.85. The van der Waals surface area contributed by atoms with Crippen LogP contribution in [0.5, 0.6) is 0 Å². The molecule has 0 saturated carbocycles. The maximum atomic E-state index is 11.3. The molecule has 1 spiro atoms. The van der Waals surface area contributed by atoms with Crippen LogP contribution in [0.3, 0.4) is 0 Å². The molecule has 2 aliphatic heterocycles. The molecule has 2 saturated heterocycles. The number of rotatable bonds is 2. The first-order valence-corrected chi connectivity index (χ1v) is 6.91. The summed E-state index contributed by atoms with van der Waals surface area (Å²) in [5.74, 6) is 0. The van der Waals surface area contributed by atoms with Crippen LogP contribution >= 0.6 is 24.8 Å². The van der Waals surface area contributed by atoms with Crippen molar-refractivity contribution < 1.29 is 0 Å². The van der Waals surface area contributed by atoms with Gasteiger partial charge in [-0.3, -0.25) is 14.7 Å². The Kier molecular flexibility index (Phi) is 6.46. The van der Waals surface area contributed by atoms with Crippen molar-refractivity contribution in [3.05, 3.63) is 32.6 Å². The molecular weight excluding hydrogens is 315 g/mol. The summed E-state index contributed by atoms with van der Waals surface area (Å²) in [7, 11) is 0. The highest BCUT2D eigenvalue weighted by Gasteiger charge is 2.37. The molecule has 2 aliphatic rings. The summed E-state index contributed by atoms with van der Waals surface area (Å²) < 4.78 is 0. The molecule has 0 bridgehead atoms. The number of aromatic amines is 2. The SMILES string of the molecule is Cl.Cl.O=c1cc(CN2CCCC3(CCNC3)C2)[nH]c(=O)[nH]1. The van der Waals surface area contributed by atoms with E-state index in [1.807, 2.05) is 0 Å². The van der Waals surface area contributed by atoms with Gasteiger partial charge in [0.05, 0.1) is 0 Å². The summed E-state index contributed by atoms with van der Waals surface area (Å²) in [4.78, 5) is 29.8. The molecule has 1 unspecified atom stereocenters. The first-order chi connectivity index (χ1) is 9.15. The Bertz CT molecular complexity index is 538. The van der Waals surface area contributed by atoms with Crippen LogP contribution in [0.15, 0.2) is 15.7 Å². The molecule has 2 fully saturated rings. The molecule has 21 heavy (non-hydrogen) atoms. The molecule has 0 radical (unpaired) electrons. The molecule has 3 rings (SSSR count). The Morgan fingerprint density at radius 3 is 2.67 bits per heavy atom. The molecule has 3 N–H and O–H groups in total. The number of aromatic nitrogens is 2. The molecule has 8 heteroatoms. The van der Waals surface area contributed by atoms with Gasteiger partial charge in [-0.15, -0.1) is 24.8 Å². The van der Waals surface area contributed by atoms with Crippen LogP contribution in [0.2, 0.25) is 0 Å². The van der Waals surface area contributed by atoms with Gasteiger partial charge in [0.15, 0.2) is 0 Å². The van der Waals surface area contributed by atoms with Crippen LogP contribution in [-0.4, -0.2) is 41.0 Å². The van der Waals surface area contributed by atoms with Crippen molar-refractivity contribution in [1.82, 2.24) is 20.2 Å². The zero-order valence-electron chi connectivity index (χ0n) is 11.8. The Balaban J connectivity index is 0.00000110. The van der Waals surface area contributed by atoms with Crippen molar-refractivity contribution in [2.24, 2.45) is 5.41 Å². The lowest BCUT2D eigenvalue weighted by Gasteiger charge is -2.39. The Hall–Kier alpha value is -0.820. The van der Waals surface area contributed by atoms with Gasteiger partial charge in [0.1, 0.15) is 0 Å². The molecule has 1 aromatic heterocycles. The van der Waals surface area contributed by atoms with Gasteiger partial charge in [-0.05, 0) is 37.8 Å². The minimum Gasteiger partial charge on any atom is -0.316 e. The van der Waals surface area contributed by atoms with Gasteiger partial charge in [-0.25, -0.2) is 4.79 Å². The van der Waals surface area contributed by atoms with Gasteiger partial charge in [-0.2, -0.15) is 0 Å². The van der Waals surface area contributed by atoms with Gasteiger partial charge >= 0.3 is 5.69 Å². The number of hydrogen-bond donors (Lipinski definition) is 3. The first kappa shape index (κ1) is 18.2. The van der Waals surface area contributed by atoms with Crippen molar-refractivity contribution in [2.45, 2.75) is 25.8 Å². The zero-order valence-corrected chi connectivity index (χ0v) is 13.4. The van der Waals surface area contributed by atoms with Gasteiger partial charge in [0.25, 0.3) is 5.56 Å². The summed E-state index contributed by atoms with van der Waals surface area (Å²) in [5, 5.41) is 3.45. The lowest BCUT2D eigenvalue weighted by molar-refractivity contribution is 0.0966. The first-order valence-electron chi connectivity index (χ1n) is 6.91. The number of nitrogens with zero attached hydrogens (tertiary/aromatic N) is 1. The van der Waals surface area contributed by atoms with E-state index < -0.39 is 5.69 Å². The van der Waals surface area contributed by atoms with E-state index in [1.165, 1.54) is 25.3 Å². The lowest BCUT2D eigenvalue weighted by Crippen LogP contribution is -2.44. The highest BCUT2D eigenvalue weighted by molar-refractivity contribution is 5.85. The van der Waals surface area contributed by atoms with Gasteiger partial charge in [0, 0.05) is 31.4 Å². The van der Waals surface area contributed by atoms with Crippen molar-refractivity contribution >= 4 is 24.8 Å². The number of halogens is 2. The molecule has 3 heterocycles. The van der Waals surface area contributed by atoms with E-state index in [4.69, 9.17) is 0 Å². The van der Waals surface area contributed by atoms with Gasteiger partial charge in [0.2, 0.25) is 0 Å². The Morgan fingerprint density at radius 2 is 2.00 bits per heavy atom. The highest BCUT2D eigenvalue weighted by Crippen LogP contribution is 2.35. The van der Waals surface area contributed by atoms with Crippen LogP contribution in [-0.2, 0) is 6.54 Å². The quantitative estimate of drug-likeness (QED) is 0.733. The van der Waals surface area contributed by atoms with E-state index in [1.54, 1.807) is 0 Å². The highest BCUT2D eigenvalue weighted by atomic mass is 35.5. The van der Waals surface area contributed by atoms with Crippen LogP contribution < -0.4 is 16.6 Å². The summed E-state index contributed by atoms with van der Waals surface area (Å²) in [6.45, 7) is 4.94. The summed E-state index contributed by atoms with van der Waals surface area (Å²) in [6, 6.07) is 1.48. The smallest absolute Gasteiger partial charge is 0.316 e. The van der Waals surface area contributed by atoms with Crippen LogP contribution in [0.25, 0.3) is 0 Å². The maximum Gasteiger partial charge on any atom is 0.325 e. The van der Waals surface area contributed by atoms with Crippen molar-refractivity contribution in [2.75, 3.05) is 26.2 Å². The van der Waals surface area contributed by atoms with Gasteiger partial charge < -0.3 is 10.3 Å². The van der Waals surface area contributed by atoms with E-state index >= 15 is 0 Å². The molecule has 0 aliphatic carbocycles. The molecule has 1 aromatic rings. The second kappa shape index (κ2) is 7.45. The fraction of sp³-hybridized carbons (Fsp3) is 0.692. The standard InChI is InChI=1S/C13H20N4O2.2ClH/c18-11-6-10(15-12(19)16-11)7-17-5-1-2-13(9-17)3-4-14-8-13;;/h6,14H,1-5,7-9H2,(H2,15,16,18,19);2*1H. The van der Waals surface area contributed by atoms with Gasteiger partial charge in [-0.1, -0.05) is 0 Å². The average molecular weight is 337 g/mol. The fourth-order valence-electron chi connectivity index (χ4n) is 3.43. The number of nitrogens with one attached hydrogen (secondary N) is 3. The fourth-order valence-corrected chi connectivity index (χ4v) is 3.43. The van der Waals surface area contributed by atoms with Crippen molar-refractivity contribution in [1.29, 1.82) is 0 Å². The zero-order chi connectivity index (χ0) is 13.3. The van der Waals surface area contributed by atoms with Crippen LogP contribution in [0.1, 0.15) is 25.0 Å². The normalized spacial score (nSPS) is 25.3. The summed E-state index contributed by atoms with van der Waals surface area (Å²) >= 11 is 0. The Morgan fingerprint density at radius 1 is 1.19 bits per heavy atom. The van der Waals surface area contributed by atoms with Crippen LogP contribution in [0, 0.1) is 5.41 Å². The largest absolute Gasteiger partial charge is 0.325 e.